The van der Waals surface area contributed by atoms with Gasteiger partial charge in [0.2, 0.25) is 0 Å². The molecular weight excluding hydrogens is 481 g/mol. The summed E-state index contributed by atoms with van der Waals surface area (Å²) >= 11 is 0. The third-order valence-corrected chi connectivity index (χ3v) is 4.47. The number of guanidine groups is 1. The summed E-state index contributed by atoms with van der Waals surface area (Å²) in [5, 5.41) is 10.9. The Balaban J connectivity index is 0.00000280. The van der Waals surface area contributed by atoms with E-state index in [0.717, 1.165) is 18.7 Å². The number of aromatic nitrogens is 3. The molecule has 28 heavy (non-hydrogen) atoms. The van der Waals surface area contributed by atoms with Crippen LogP contribution in [0.5, 0.6) is 0 Å². The van der Waals surface area contributed by atoms with Crippen molar-refractivity contribution < 1.29 is 13.5 Å². The van der Waals surface area contributed by atoms with Gasteiger partial charge in [-0.2, -0.15) is 5.10 Å². The molecule has 154 valence electrons. The van der Waals surface area contributed by atoms with Gasteiger partial charge < -0.3 is 15.4 Å². The first-order chi connectivity index (χ1) is 13.1. The van der Waals surface area contributed by atoms with Crippen molar-refractivity contribution in [3.63, 3.8) is 0 Å². The van der Waals surface area contributed by atoms with E-state index in [1.54, 1.807) is 14.2 Å². The Hall–Kier alpha value is -1.82. The molecule has 10 heteroatoms. The van der Waals surface area contributed by atoms with Gasteiger partial charge in [-0.25, -0.2) is 18.4 Å². The zero-order chi connectivity index (χ0) is 19.2. The minimum atomic E-state index is -0.530. The van der Waals surface area contributed by atoms with Crippen LogP contribution in [0.15, 0.2) is 23.2 Å². The van der Waals surface area contributed by atoms with Crippen LogP contribution in [0, 0.1) is 11.6 Å². The lowest BCUT2D eigenvalue weighted by Crippen LogP contribution is -2.47. The largest absolute Gasteiger partial charge is 0.377 e. The quantitative estimate of drug-likeness (QED) is 0.357. The lowest BCUT2D eigenvalue weighted by atomic mass is 10.1. The molecule has 0 spiro atoms. The molecule has 1 aliphatic rings. The fraction of sp³-hybridized carbons (Fsp3) is 0.500. The van der Waals surface area contributed by atoms with Crippen molar-refractivity contribution in [1.82, 2.24) is 25.4 Å². The molecule has 2 aromatic rings. The summed E-state index contributed by atoms with van der Waals surface area (Å²) in [6.07, 6.45) is 1.94. The maximum absolute atomic E-state index is 13.7. The SMILES string of the molecule is CN=C(NCCc1c(F)cccc1F)NC1CCc2nc(COC)nn2C1.I. The van der Waals surface area contributed by atoms with Crippen LogP contribution in [0.4, 0.5) is 8.78 Å². The number of nitrogens with zero attached hydrogens (tertiary/aromatic N) is 4. The highest BCUT2D eigenvalue weighted by molar-refractivity contribution is 14.0. The number of hydrogen-bond acceptors (Lipinski definition) is 4. The average Bonchev–Trinajstić information content (AvgIpc) is 3.05. The third kappa shape index (κ3) is 5.60. The van der Waals surface area contributed by atoms with Gasteiger partial charge in [-0.15, -0.1) is 24.0 Å². The number of methoxy groups -OCH3 is 1. The van der Waals surface area contributed by atoms with Crippen LogP contribution in [0.2, 0.25) is 0 Å². The normalized spacial score (nSPS) is 16.3. The summed E-state index contributed by atoms with van der Waals surface area (Å²) in [4.78, 5) is 8.65. The second kappa shape index (κ2) is 10.6. The molecule has 1 aromatic carbocycles. The molecule has 2 heterocycles. The molecule has 0 saturated carbocycles. The zero-order valence-corrected chi connectivity index (χ0v) is 18.2. The Morgan fingerprint density at radius 2 is 2.11 bits per heavy atom. The summed E-state index contributed by atoms with van der Waals surface area (Å²) in [5.74, 6) is 1.17. The molecule has 0 fully saturated rings. The highest BCUT2D eigenvalue weighted by Gasteiger charge is 2.22. The topological polar surface area (TPSA) is 76.4 Å². The summed E-state index contributed by atoms with van der Waals surface area (Å²) in [7, 11) is 3.28. The molecule has 2 N–H and O–H groups in total. The molecule has 1 aliphatic heterocycles. The first kappa shape index (κ1) is 22.5. The van der Waals surface area contributed by atoms with Crippen molar-refractivity contribution in [3.05, 3.63) is 47.0 Å². The van der Waals surface area contributed by atoms with Crippen LogP contribution >= 0.6 is 24.0 Å². The molecule has 7 nitrogen and oxygen atoms in total. The van der Waals surface area contributed by atoms with Crippen LogP contribution in [-0.2, 0) is 30.7 Å². The van der Waals surface area contributed by atoms with E-state index in [0.29, 0.717) is 31.5 Å². The summed E-state index contributed by atoms with van der Waals surface area (Å²) < 4.78 is 34.3. The molecule has 1 unspecified atom stereocenters. The van der Waals surface area contributed by atoms with Crippen LogP contribution < -0.4 is 10.6 Å². The molecule has 0 bridgehead atoms. The fourth-order valence-corrected chi connectivity index (χ4v) is 3.13. The first-order valence-corrected chi connectivity index (χ1v) is 8.92. The van der Waals surface area contributed by atoms with Gasteiger partial charge in [-0.1, -0.05) is 6.07 Å². The van der Waals surface area contributed by atoms with E-state index < -0.39 is 11.6 Å². The Labute approximate surface area is 180 Å². The van der Waals surface area contributed by atoms with E-state index in [4.69, 9.17) is 4.74 Å². The molecule has 0 aliphatic carbocycles. The Bertz CT molecular complexity index is 793. The van der Waals surface area contributed by atoms with E-state index in [1.165, 1.54) is 18.2 Å². The predicted octanol–water partition coefficient (Wildman–Crippen LogP) is 2.04. The van der Waals surface area contributed by atoms with Crippen LogP contribution in [-0.4, -0.2) is 47.5 Å². The van der Waals surface area contributed by atoms with Crippen molar-refractivity contribution in [3.8, 4) is 0 Å². The average molecular weight is 506 g/mol. The van der Waals surface area contributed by atoms with Crippen LogP contribution in [0.3, 0.4) is 0 Å². The van der Waals surface area contributed by atoms with Gasteiger partial charge in [0.25, 0.3) is 0 Å². The third-order valence-electron chi connectivity index (χ3n) is 4.47. The molecule has 1 aromatic heterocycles. The van der Waals surface area contributed by atoms with E-state index in [9.17, 15) is 8.78 Å². The highest BCUT2D eigenvalue weighted by Crippen LogP contribution is 2.14. The smallest absolute Gasteiger partial charge is 0.191 e. The number of benzene rings is 1. The summed E-state index contributed by atoms with van der Waals surface area (Å²) in [5.41, 5.74) is 0.0797. The van der Waals surface area contributed by atoms with Gasteiger partial charge in [-0.3, -0.25) is 4.99 Å². The van der Waals surface area contributed by atoms with Gasteiger partial charge in [-0.05, 0) is 25.0 Å². The number of ether oxygens (including phenoxy) is 1. The number of halogens is 3. The van der Waals surface area contributed by atoms with E-state index in [1.807, 2.05) is 4.68 Å². The van der Waals surface area contributed by atoms with Gasteiger partial charge in [0.15, 0.2) is 11.8 Å². The van der Waals surface area contributed by atoms with Gasteiger partial charge in [0, 0.05) is 38.7 Å². The second-order valence-electron chi connectivity index (χ2n) is 6.39. The summed E-state index contributed by atoms with van der Waals surface area (Å²) in [6, 6.07) is 4.04. The van der Waals surface area contributed by atoms with Gasteiger partial charge in [0.1, 0.15) is 24.1 Å². The number of fused-ring (bicyclic) bond motifs is 1. The number of hydrogen-bond donors (Lipinski definition) is 2. The van der Waals surface area contributed by atoms with Crippen LogP contribution in [0.1, 0.15) is 23.6 Å². The number of nitrogens with one attached hydrogen (secondary N) is 2. The standard InChI is InChI=1S/C18H24F2N6O.HI/c1-21-18(22-9-8-13-14(19)4-3-5-15(13)20)23-12-6-7-17-24-16(11-27-2)25-26(17)10-12;/h3-5,12H,6-11H2,1-2H3,(H2,21,22,23);1H. The first-order valence-electron chi connectivity index (χ1n) is 8.92. The van der Waals surface area contributed by atoms with Crippen molar-refractivity contribution in [2.75, 3.05) is 20.7 Å². The maximum Gasteiger partial charge on any atom is 0.191 e. The monoisotopic (exact) mass is 506 g/mol. The molecule has 0 amide bonds. The number of aryl methyl sites for hydroxylation is 1. The Morgan fingerprint density at radius 3 is 2.79 bits per heavy atom. The van der Waals surface area contributed by atoms with Crippen molar-refractivity contribution in [2.24, 2.45) is 4.99 Å². The molecule has 0 saturated heterocycles. The van der Waals surface area contributed by atoms with Gasteiger partial charge >= 0.3 is 0 Å². The lowest BCUT2D eigenvalue weighted by molar-refractivity contribution is 0.177. The van der Waals surface area contributed by atoms with Crippen molar-refractivity contribution in [2.45, 2.75) is 38.5 Å². The minimum absolute atomic E-state index is 0. The zero-order valence-electron chi connectivity index (χ0n) is 15.9. The van der Waals surface area contributed by atoms with E-state index >= 15 is 0 Å². The van der Waals surface area contributed by atoms with Crippen molar-refractivity contribution in [1.29, 1.82) is 0 Å². The predicted molar refractivity (Wildman–Crippen MR) is 113 cm³/mol. The number of rotatable bonds is 6. The van der Waals surface area contributed by atoms with E-state index in [2.05, 4.69) is 25.7 Å². The molecule has 3 rings (SSSR count). The Morgan fingerprint density at radius 1 is 1.36 bits per heavy atom. The van der Waals surface area contributed by atoms with Crippen molar-refractivity contribution >= 4 is 29.9 Å². The molecule has 1 atom stereocenters. The minimum Gasteiger partial charge on any atom is -0.377 e. The lowest BCUT2D eigenvalue weighted by Gasteiger charge is -2.25. The second-order valence-corrected chi connectivity index (χ2v) is 6.39. The number of aliphatic imine (C=N–C) groups is 1. The fourth-order valence-electron chi connectivity index (χ4n) is 3.13. The van der Waals surface area contributed by atoms with Crippen LogP contribution in [0.25, 0.3) is 0 Å². The highest BCUT2D eigenvalue weighted by atomic mass is 127. The van der Waals surface area contributed by atoms with E-state index in [-0.39, 0.29) is 42.0 Å². The summed E-state index contributed by atoms with van der Waals surface area (Å²) in [6.45, 7) is 1.44. The Kier molecular flexibility index (Phi) is 8.55. The molecular formula is C18H25F2IN6O. The van der Waals surface area contributed by atoms with Gasteiger partial charge in [0.05, 0.1) is 6.54 Å². The molecule has 0 radical (unpaired) electrons. The maximum atomic E-state index is 13.7.